The second kappa shape index (κ2) is 2.77. The minimum absolute atomic E-state index is 0.0113. The van der Waals surface area contributed by atoms with Crippen LogP contribution in [0.15, 0.2) is 6.20 Å². The molecule has 2 rings (SSSR count). The number of aryl methyl sites for hydroxylation is 1. The SMILES string of the molecule is Cc1cnc(C2(C)CC2)nc1CO. The van der Waals surface area contributed by atoms with Gasteiger partial charge < -0.3 is 5.11 Å². The summed E-state index contributed by atoms with van der Waals surface area (Å²) in [4.78, 5) is 8.66. The first-order valence-corrected chi connectivity index (χ1v) is 4.59. The highest BCUT2D eigenvalue weighted by molar-refractivity contribution is 5.21. The maximum absolute atomic E-state index is 9.04. The predicted molar refractivity (Wildman–Crippen MR) is 49.3 cm³/mol. The molecule has 1 aromatic heterocycles. The molecule has 3 heteroatoms. The van der Waals surface area contributed by atoms with Gasteiger partial charge in [-0.1, -0.05) is 6.92 Å². The van der Waals surface area contributed by atoms with Gasteiger partial charge in [-0.2, -0.15) is 0 Å². The van der Waals surface area contributed by atoms with Crippen molar-refractivity contribution in [3.05, 3.63) is 23.3 Å². The summed E-state index contributed by atoms with van der Waals surface area (Å²) in [7, 11) is 0. The third-order valence-electron chi connectivity index (χ3n) is 2.77. The number of aliphatic hydroxyl groups excluding tert-OH is 1. The van der Waals surface area contributed by atoms with Crippen LogP contribution in [0.4, 0.5) is 0 Å². The molecule has 1 saturated carbocycles. The Balaban J connectivity index is 2.39. The topological polar surface area (TPSA) is 46.0 Å². The van der Waals surface area contributed by atoms with Crippen molar-refractivity contribution < 1.29 is 5.11 Å². The Hall–Kier alpha value is -0.960. The second-order valence-corrected chi connectivity index (χ2v) is 4.04. The first-order valence-electron chi connectivity index (χ1n) is 4.59. The Bertz CT molecular complexity index is 332. The van der Waals surface area contributed by atoms with Crippen molar-refractivity contribution in [1.82, 2.24) is 9.97 Å². The lowest BCUT2D eigenvalue weighted by molar-refractivity contribution is 0.275. The maximum Gasteiger partial charge on any atom is 0.134 e. The van der Waals surface area contributed by atoms with Gasteiger partial charge in [0.25, 0.3) is 0 Å². The average Bonchev–Trinajstić information content (AvgIpc) is 2.86. The van der Waals surface area contributed by atoms with Gasteiger partial charge in [0, 0.05) is 11.6 Å². The number of hydrogen-bond donors (Lipinski definition) is 1. The number of rotatable bonds is 2. The summed E-state index contributed by atoms with van der Waals surface area (Å²) in [5.41, 5.74) is 1.92. The molecule has 0 bridgehead atoms. The third kappa shape index (κ3) is 1.44. The molecule has 0 unspecified atom stereocenters. The van der Waals surface area contributed by atoms with Crippen LogP contribution < -0.4 is 0 Å². The van der Waals surface area contributed by atoms with Crippen molar-refractivity contribution >= 4 is 0 Å². The van der Waals surface area contributed by atoms with E-state index in [1.165, 1.54) is 12.8 Å². The van der Waals surface area contributed by atoms with Crippen molar-refractivity contribution in [1.29, 1.82) is 0 Å². The number of aliphatic hydroxyl groups is 1. The molecule has 0 aromatic carbocycles. The predicted octanol–water partition coefficient (Wildman–Crippen LogP) is 1.33. The molecular weight excluding hydrogens is 164 g/mol. The lowest BCUT2D eigenvalue weighted by atomic mass is 10.1. The summed E-state index contributed by atoms with van der Waals surface area (Å²) in [6, 6.07) is 0. The summed E-state index contributed by atoms with van der Waals surface area (Å²) in [5.74, 6) is 0.891. The highest BCUT2D eigenvalue weighted by Gasteiger charge is 2.42. The van der Waals surface area contributed by atoms with Gasteiger partial charge in [-0.3, -0.25) is 0 Å². The lowest BCUT2D eigenvalue weighted by Gasteiger charge is -2.08. The molecule has 70 valence electrons. The molecule has 1 heterocycles. The fourth-order valence-corrected chi connectivity index (χ4v) is 1.34. The first kappa shape index (κ1) is 8.63. The molecule has 1 fully saturated rings. The number of aromatic nitrogens is 2. The van der Waals surface area contributed by atoms with Gasteiger partial charge in [-0.15, -0.1) is 0 Å². The third-order valence-corrected chi connectivity index (χ3v) is 2.77. The smallest absolute Gasteiger partial charge is 0.134 e. The normalized spacial score (nSPS) is 18.7. The molecule has 13 heavy (non-hydrogen) atoms. The molecule has 1 aliphatic carbocycles. The van der Waals surface area contributed by atoms with Crippen LogP contribution in [0, 0.1) is 6.92 Å². The van der Waals surface area contributed by atoms with Gasteiger partial charge in [-0.25, -0.2) is 9.97 Å². The molecule has 1 aliphatic rings. The average molecular weight is 178 g/mol. The van der Waals surface area contributed by atoms with Crippen LogP contribution in [-0.4, -0.2) is 15.1 Å². The monoisotopic (exact) mass is 178 g/mol. The second-order valence-electron chi connectivity index (χ2n) is 4.04. The molecule has 3 nitrogen and oxygen atoms in total. The van der Waals surface area contributed by atoms with E-state index >= 15 is 0 Å². The fourth-order valence-electron chi connectivity index (χ4n) is 1.34. The molecule has 0 amide bonds. The van der Waals surface area contributed by atoms with Gasteiger partial charge in [-0.05, 0) is 25.3 Å². The van der Waals surface area contributed by atoms with Crippen molar-refractivity contribution in [2.75, 3.05) is 0 Å². The van der Waals surface area contributed by atoms with Crippen LogP contribution in [-0.2, 0) is 12.0 Å². The van der Waals surface area contributed by atoms with Crippen molar-refractivity contribution in [3.63, 3.8) is 0 Å². The largest absolute Gasteiger partial charge is 0.390 e. The quantitative estimate of drug-likeness (QED) is 0.743. The molecular formula is C10H14N2O. The minimum Gasteiger partial charge on any atom is -0.390 e. The van der Waals surface area contributed by atoms with Gasteiger partial charge in [0.05, 0.1) is 12.3 Å². The zero-order valence-corrected chi connectivity index (χ0v) is 8.04. The van der Waals surface area contributed by atoms with E-state index in [-0.39, 0.29) is 12.0 Å². The Kier molecular flexibility index (Phi) is 1.84. The Morgan fingerprint density at radius 3 is 2.77 bits per heavy atom. The van der Waals surface area contributed by atoms with Crippen LogP contribution >= 0.6 is 0 Å². The van der Waals surface area contributed by atoms with E-state index in [1.54, 1.807) is 6.20 Å². The first-order chi connectivity index (χ1) is 6.15. The van der Waals surface area contributed by atoms with Gasteiger partial charge in [0.1, 0.15) is 5.82 Å². The maximum atomic E-state index is 9.04. The molecule has 0 atom stereocenters. The minimum atomic E-state index is 0.0113. The van der Waals surface area contributed by atoms with E-state index < -0.39 is 0 Å². The van der Waals surface area contributed by atoms with E-state index in [4.69, 9.17) is 5.11 Å². The van der Waals surface area contributed by atoms with Crippen LogP contribution in [0.1, 0.15) is 36.8 Å². The fraction of sp³-hybridized carbons (Fsp3) is 0.600. The Morgan fingerprint density at radius 1 is 1.54 bits per heavy atom. The summed E-state index contributed by atoms with van der Waals surface area (Å²) >= 11 is 0. The molecule has 0 spiro atoms. The van der Waals surface area contributed by atoms with Crippen LogP contribution in [0.25, 0.3) is 0 Å². The summed E-state index contributed by atoms with van der Waals surface area (Å²) in [6.45, 7) is 4.10. The van der Waals surface area contributed by atoms with Crippen LogP contribution in [0.5, 0.6) is 0 Å². The zero-order valence-electron chi connectivity index (χ0n) is 8.04. The van der Waals surface area contributed by atoms with Gasteiger partial charge in [0.2, 0.25) is 0 Å². The highest BCUT2D eigenvalue weighted by atomic mass is 16.3. The van der Waals surface area contributed by atoms with E-state index in [0.29, 0.717) is 0 Å². The van der Waals surface area contributed by atoms with Crippen molar-refractivity contribution in [2.45, 2.75) is 38.7 Å². The summed E-state index contributed by atoms with van der Waals surface area (Å²) in [6.07, 6.45) is 4.14. The lowest BCUT2D eigenvalue weighted by Crippen LogP contribution is -2.09. The van der Waals surface area contributed by atoms with Crippen LogP contribution in [0.2, 0.25) is 0 Å². The Morgan fingerprint density at radius 2 is 2.23 bits per heavy atom. The van der Waals surface area contributed by atoms with Crippen molar-refractivity contribution in [2.24, 2.45) is 0 Å². The van der Waals surface area contributed by atoms with Gasteiger partial charge in [0.15, 0.2) is 0 Å². The van der Waals surface area contributed by atoms with E-state index in [1.807, 2.05) is 6.92 Å². The zero-order chi connectivity index (χ0) is 9.47. The summed E-state index contributed by atoms with van der Waals surface area (Å²) < 4.78 is 0. The van der Waals surface area contributed by atoms with E-state index in [9.17, 15) is 0 Å². The Labute approximate surface area is 77.8 Å². The van der Waals surface area contributed by atoms with E-state index in [2.05, 4.69) is 16.9 Å². The number of hydrogen-bond acceptors (Lipinski definition) is 3. The molecule has 0 aliphatic heterocycles. The number of nitrogens with zero attached hydrogens (tertiary/aromatic N) is 2. The molecule has 1 aromatic rings. The molecule has 1 N–H and O–H groups in total. The highest BCUT2D eigenvalue weighted by Crippen LogP contribution is 2.45. The molecule has 0 saturated heterocycles. The molecule has 0 radical (unpaired) electrons. The van der Waals surface area contributed by atoms with E-state index in [0.717, 1.165) is 17.1 Å². The standard InChI is InChI=1S/C10H14N2O/c1-7-5-11-9(10(2)3-4-10)12-8(7)6-13/h5,13H,3-4,6H2,1-2H3. The van der Waals surface area contributed by atoms with Crippen molar-refractivity contribution in [3.8, 4) is 0 Å². The van der Waals surface area contributed by atoms with Gasteiger partial charge >= 0.3 is 0 Å². The summed E-state index contributed by atoms with van der Waals surface area (Å²) in [5, 5.41) is 9.04. The van der Waals surface area contributed by atoms with Crippen LogP contribution in [0.3, 0.4) is 0 Å².